The molecule has 2 N–H and O–H groups in total. The monoisotopic (exact) mass is 265 g/mol. The fraction of sp³-hybridized carbons (Fsp3) is 0.600. The Morgan fingerprint density at radius 2 is 2.17 bits per heavy atom. The number of nitrogens with two attached hydrogens (primary N) is 1. The van der Waals surface area contributed by atoms with Crippen molar-refractivity contribution in [2.75, 3.05) is 13.2 Å². The smallest absolute Gasteiger partial charge is 0.141 e. The first kappa shape index (κ1) is 12.3. The summed E-state index contributed by atoms with van der Waals surface area (Å²) in [6.45, 7) is 3.71. The van der Waals surface area contributed by atoms with Gasteiger partial charge in [-0.25, -0.2) is 0 Å². The van der Waals surface area contributed by atoms with Gasteiger partial charge in [-0.15, -0.1) is 0 Å². The molecule has 0 amide bonds. The third-order valence-electron chi connectivity index (χ3n) is 4.71. The van der Waals surface area contributed by atoms with Gasteiger partial charge in [0, 0.05) is 12.0 Å². The van der Waals surface area contributed by atoms with E-state index in [1.54, 1.807) is 0 Å². The van der Waals surface area contributed by atoms with Crippen LogP contribution >= 0.6 is 11.6 Å². The minimum Gasteiger partial charge on any atom is -0.492 e. The molecule has 1 aliphatic heterocycles. The van der Waals surface area contributed by atoms with Gasteiger partial charge in [-0.2, -0.15) is 0 Å². The molecule has 0 radical (unpaired) electrons. The van der Waals surface area contributed by atoms with E-state index < -0.39 is 0 Å². The molecule has 3 heteroatoms. The summed E-state index contributed by atoms with van der Waals surface area (Å²) in [6.07, 6.45) is 5.83. The average Bonchev–Trinajstić information content (AvgIpc) is 2.35. The Balaban J connectivity index is 2.13. The van der Waals surface area contributed by atoms with Crippen molar-refractivity contribution in [2.45, 2.75) is 44.4 Å². The van der Waals surface area contributed by atoms with E-state index >= 15 is 0 Å². The predicted molar refractivity (Wildman–Crippen MR) is 74.6 cm³/mol. The number of hydrogen-bond acceptors (Lipinski definition) is 2. The second-order valence-corrected chi connectivity index (χ2v) is 6.04. The van der Waals surface area contributed by atoms with Gasteiger partial charge in [0.2, 0.25) is 0 Å². The molecule has 1 heterocycles. The van der Waals surface area contributed by atoms with Crippen molar-refractivity contribution in [1.82, 2.24) is 0 Å². The van der Waals surface area contributed by atoms with E-state index in [2.05, 4.69) is 13.0 Å². The molecule has 0 spiro atoms. The zero-order chi connectivity index (χ0) is 12.8. The van der Waals surface area contributed by atoms with Crippen molar-refractivity contribution < 1.29 is 4.74 Å². The second-order valence-electron chi connectivity index (χ2n) is 5.63. The first-order valence-electron chi connectivity index (χ1n) is 6.83. The van der Waals surface area contributed by atoms with Gasteiger partial charge in [0.1, 0.15) is 5.75 Å². The van der Waals surface area contributed by atoms with Crippen LogP contribution in [0.25, 0.3) is 0 Å². The van der Waals surface area contributed by atoms with Gasteiger partial charge in [-0.05, 0) is 55.4 Å². The lowest BCUT2D eigenvalue weighted by Gasteiger charge is -2.43. The van der Waals surface area contributed by atoms with Gasteiger partial charge in [0.15, 0.2) is 0 Å². The number of rotatable bonds is 2. The van der Waals surface area contributed by atoms with Crippen LogP contribution in [-0.2, 0) is 11.8 Å². The van der Waals surface area contributed by atoms with Crippen LogP contribution in [0.15, 0.2) is 6.07 Å². The highest BCUT2D eigenvalue weighted by molar-refractivity contribution is 6.32. The highest BCUT2D eigenvalue weighted by Gasteiger charge is 2.39. The topological polar surface area (TPSA) is 35.2 Å². The molecular formula is C15H20ClNO. The fourth-order valence-corrected chi connectivity index (χ4v) is 3.67. The summed E-state index contributed by atoms with van der Waals surface area (Å²) in [6, 6.07) is 2.10. The number of ether oxygens (including phenoxy) is 1. The highest BCUT2D eigenvalue weighted by atomic mass is 35.5. The average molecular weight is 266 g/mol. The lowest BCUT2D eigenvalue weighted by molar-refractivity contribution is 0.249. The van der Waals surface area contributed by atoms with E-state index in [-0.39, 0.29) is 5.41 Å². The molecule has 18 heavy (non-hydrogen) atoms. The zero-order valence-electron chi connectivity index (χ0n) is 10.9. The van der Waals surface area contributed by atoms with Crippen molar-refractivity contribution in [2.24, 2.45) is 5.73 Å². The minimum absolute atomic E-state index is 0.181. The maximum Gasteiger partial charge on any atom is 0.141 e. The minimum atomic E-state index is 0.181. The third-order valence-corrected chi connectivity index (χ3v) is 4.99. The van der Waals surface area contributed by atoms with Crippen molar-refractivity contribution in [3.05, 3.63) is 27.8 Å². The molecule has 1 fully saturated rings. The van der Waals surface area contributed by atoms with Crippen molar-refractivity contribution >= 4 is 11.6 Å². The summed E-state index contributed by atoms with van der Waals surface area (Å²) in [5.74, 6) is 0.913. The van der Waals surface area contributed by atoms with Crippen LogP contribution < -0.4 is 10.5 Å². The number of hydrogen-bond donors (Lipinski definition) is 1. The maximum atomic E-state index is 6.40. The lowest BCUT2D eigenvalue weighted by atomic mass is 9.63. The van der Waals surface area contributed by atoms with Crippen molar-refractivity contribution in [1.29, 1.82) is 0 Å². The van der Waals surface area contributed by atoms with Crippen LogP contribution in [0.5, 0.6) is 5.75 Å². The molecule has 3 rings (SSSR count). The summed E-state index contributed by atoms with van der Waals surface area (Å²) in [5, 5.41) is 0.769. The van der Waals surface area contributed by atoms with Crippen LogP contribution in [0.1, 0.15) is 42.4 Å². The van der Waals surface area contributed by atoms with Gasteiger partial charge in [-0.1, -0.05) is 18.0 Å². The van der Waals surface area contributed by atoms with E-state index in [0.717, 1.165) is 36.8 Å². The zero-order valence-corrected chi connectivity index (χ0v) is 11.6. The van der Waals surface area contributed by atoms with Crippen LogP contribution in [0.2, 0.25) is 5.02 Å². The summed E-state index contributed by atoms with van der Waals surface area (Å²) in [5.41, 5.74) is 10.2. The first-order chi connectivity index (χ1) is 8.68. The van der Waals surface area contributed by atoms with Crippen molar-refractivity contribution in [3.63, 3.8) is 0 Å². The summed E-state index contributed by atoms with van der Waals surface area (Å²) in [4.78, 5) is 0. The van der Waals surface area contributed by atoms with E-state index in [1.807, 2.05) is 0 Å². The van der Waals surface area contributed by atoms with Gasteiger partial charge in [0.05, 0.1) is 11.6 Å². The molecule has 0 unspecified atom stereocenters. The first-order valence-corrected chi connectivity index (χ1v) is 7.21. The van der Waals surface area contributed by atoms with Crippen LogP contribution in [-0.4, -0.2) is 13.2 Å². The van der Waals surface area contributed by atoms with Gasteiger partial charge in [0.25, 0.3) is 0 Å². The Morgan fingerprint density at radius 3 is 2.78 bits per heavy atom. The summed E-state index contributed by atoms with van der Waals surface area (Å²) in [7, 11) is 0. The molecule has 1 saturated carbocycles. The Bertz CT molecular complexity index is 474. The van der Waals surface area contributed by atoms with Crippen LogP contribution in [0.3, 0.4) is 0 Å². The molecule has 2 aliphatic rings. The SMILES string of the molecule is Cc1c(C2(CN)CCC2)cc(Cl)c2c1CCCO2. The van der Waals surface area contributed by atoms with Crippen LogP contribution in [0.4, 0.5) is 0 Å². The molecule has 1 aromatic rings. The van der Waals surface area contributed by atoms with Crippen LogP contribution in [0, 0.1) is 6.92 Å². The fourth-order valence-electron chi connectivity index (χ4n) is 3.40. The lowest BCUT2D eigenvalue weighted by Crippen LogP contribution is -2.42. The largest absolute Gasteiger partial charge is 0.492 e. The van der Waals surface area contributed by atoms with E-state index in [1.165, 1.54) is 36.0 Å². The van der Waals surface area contributed by atoms with Gasteiger partial charge >= 0.3 is 0 Å². The molecule has 1 aliphatic carbocycles. The molecule has 0 aromatic heterocycles. The molecule has 0 bridgehead atoms. The maximum absolute atomic E-state index is 6.40. The number of halogens is 1. The Morgan fingerprint density at radius 1 is 1.39 bits per heavy atom. The van der Waals surface area contributed by atoms with E-state index in [4.69, 9.17) is 22.1 Å². The van der Waals surface area contributed by atoms with Gasteiger partial charge < -0.3 is 10.5 Å². The highest BCUT2D eigenvalue weighted by Crippen LogP contribution is 2.48. The molecule has 2 nitrogen and oxygen atoms in total. The Kier molecular flexibility index (Phi) is 3.03. The third kappa shape index (κ3) is 1.66. The number of benzene rings is 1. The molecule has 0 atom stereocenters. The standard InChI is InChI=1S/C15H20ClNO/c1-10-11-4-2-7-18-14(11)13(16)8-12(10)15(9-17)5-3-6-15/h8H,2-7,9,17H2,1H3. The predicted octanol–water partition coefficient (Wildman–Crippen LogP) is 3.35. The molecule has 1 aromatic carbocycles. The summed E-state index contributed by atoms with van der Waals surface area (Å²) >= 11 is 6.40. The quantitative estimate of drug-likeness (QED) is 0.890. The molecular weight excluding hydrogens is 246 g/mol. The van der Waals surface area contributed by atoms with Crippen molar-refractivity contribution in [3.8, 4) is 5.75 Å². The van der Waals surface area contributed by atoms with E-state index in [0.29, 0.717) is 0 Å². The van der Waals surface area contributed by atoms with E-state index in [9.17, 15) is 0 Å². The Labute approximate surface area is 113 Å². The van der Waals surface area contributed by atoms with Gasteiger partial charge in [-0.3, -0.25) is 0 Å². The number of fused-ring (bicyclic) bond motifs is 1. The summed E-state index contributed by atoms with van der Waals surface area (Å²) < 4.78 is 5.72. The second kappa shape index (κ2) is 4.43. The Hall–Kier alpha value is -0.730. The molecule has 0 saturated heterocycles. The normalized spacial score (nSPS) is 20.8. The molecule has 98 valence electrons.